The number of allylic oxidation sites excluding steroid dienone is 1. The van der Waals surface area contributed by atoms with Gasteiger partial charge in [0.05, 0.1) is 13.5 Å². The van der Waals surface area contributed by atoms with Gasteiger partial charge < -0.3 is 10.1 Å². The SMILES string of the molecule is COC(=O)Cc1ccccc1CNCC=C(C)C. The molecule has 0 aliphatic heterocycles. The van der Waals surface area contributed by atoms with Crippen molar-refractivity contribution >= 4 is 5.97 Å². The Labute approximate surface area is 109 Å². The van der Waals surface area contributed by atoms with Crippen LogP contribution in [0.5, 0.6) is 0 Å². The molecule has 0 radical (unpaired) electrons. The average Bonchev–Trinajstić information content (AvgIpc) is 2.36. The molecular formula is C15H21NO2. The number of methoxy groups -OCH3 is 1. The highest BCUT2D eigenvalue weighted by molar-refractivity contribution is 5.72. The molecule has 1 N–H and O–H groups in total. The van der Waals surface area contributed by atoms with Crippen LogP contribution in [0.15, 0.2) is 35.9 Å². The number of carbonyl (C=O) groups is 1. The zero-order valence-corrected chi connectivity index (χ0v) is 11.3. The number of nitrogens with one attached hydrogen (secondary N) is 1. The molecule has 0 aliphatic carbocycles. The molecule has 18 heavy (non-hydrogen) atoms. The second-order valence-electron chi connectivity index (χ2n) is 4.43. The molecule has 0 bridgehead atoms. The lowest BCUT2D eigenvalue weighted by Crippen LogP contribution is -2.16. The molecule has 1 aromatic carbocycles. The van der Waals surface area contributed by atoms with E-state index in [9.17, 15) is 4.79 Å². The molecule has 0 fully saturated rings. The molecule has 0 aliphatic rings. The van der Waals surface area contributed by atoms with Crippen molar-refractivity contribution in [3.63, 3.8) is 0 Å². The van der Waals surface area contributed by atoms with E-state index in [1.807, 2.05) is 24.3 Å². The van der Waals surface area contributed by atoms with E-state index in [2.05, 4.69) is 25.2 Å². The van der Waals surface area contributed by atoms with Gasteiger partial charge >= 0.3 is 5.97 Å². The maximum Gasteiger partial charge on any atom is 0.309 e. The molecule has 3 nitrogen and oxygen atoms in total. The van der Waals surface area contributed by atoms with Gasteiger partial charge in [0.2, 0.25) is 0 Å². The third-order valence-electron chi connectivity index (χ3n) is 2.65. The summed E-state index contributed by atoms with van der Waals surface area (Å²) in [6, 6.07) is 7.93. The van der Waals surface area contributed by atoms with Crippen molar-refractivity contribution in [3.05, 3.63) is 47.0 Å². The first kappa shape index (κ1) is 14.5. The monoisotopic (exact) mass is 247 g/mol. The summed E-state index contributed by atoms with van der Waals surface area (Å²) >= 11 is 0. The lowest BCUT2D eigenvalue weighted by molar-refractivity contribution is -0.139. The summed E-state index contributed by atoms with van der Waals surface area (Å²) < 4.78 is 4.70. The minimum absolute atomic E-state index is 0.202. The quantitative estimate of drug-likeness (QED) is 0.477. The van der Waals surface area contributed by atoms with Gasteiger partial charge in [0.15, 0.2) is 0 Å². The molecule has 0 aromatic heterocycles. The van der Waals surface area contributed by atoms with Gasteiger partial charge in [-0.2, -0.15) is 0 Å². The molecule has 0 saturated carbocycles. The van der Waals surface area contributed by atoms with Gasteiger partial charge in [0.25, 0.3) is 0 Å². The molecule has 0 amide bonds. The summed E-state index contributed by atoms with van der Waals surface area (Å²) in [4.78, 5) is 11.3. The number of rotatable bonds is 6. The molecule has 1 rings (SSSR count). The van der Waals surface area contributed by atoms with E-state index in [1.165, 1.54) is 12.7 Å². The van der Waals surface area contributed by atoms with Crippen molar-refractivity contribution in [3.8, 4) is 0 Å². The number of hydrogen-bond acceptors (Lipinski definition) is 3. The first-order valence-corrected chi connectivity index (χ1v) is 6.11. The van der Waals surface area contributed by atoms with Crippen molar-refractivity contribution in [2.24, 2.45) is 0 Å². The highest BCUT2D eigenvalue weighted by atomic mass is 16.5. The highest BCUT2D eigenvalue weighted by Crippen LogP contribution is 2.10. The molecule has 1 aromatic rings. The van der Waals surface area contributed by atoms with E-state index in [1.54, 1.807) is 0 Å². The fourth-order valence-electron chi connectivity index (χ4n) is 1.61. The van der Waals surface area contributed by atoms with Gasteiger partial charge in [-0.05, 0) is 25.0 Å². The summed E-state index contributed by atoms with van der Waals surface area (Å²) in [5.74, 6) is -0.202. The third-order valence-corrected chi connectivity index (χ3v) is 2.65. The summed E-state index contributed by atoms with van der Waals surface area (Å²) in [5.41, 5.74) is 3.46. The van der Waals surface area contributed by atoms with Gasteiger partial charge in [-0.25, -0.2) is 0 Å². The minimum atomic E-state index is -0.202. The largest absolute Gasteiger partial charge is 0.469 e. The fraction of sp³-hybridized carbons (Fsp3) is 0.400. The number of hydrogen-bond donors (Lipinski definition) is 1. The number of ether oxygens (including phenoxy) is 1. The molecule has 3 heteroatoms. The van der Waals surface area contributed by atoms with Crippen molar-refractivity contribution in [2.75, 3.05) is 13.7 Å². The van der Waals surface area contributed by atoms with E-state index in [0.717, 1.165) is 24.2 Å². The highest BCUT2D eigenvalue weighted by Gasteiger charge is 2.06. The minimum Gasteiger partial charge on any atom is -0.469 e. The summed E-state index contributed by atoms with van der Waals surface area (Å²) in [7, 11) is 1.41. The van der Waals surface area contributed by atoms with Crippen molar-refractivity contribution in [1.29, 1.82) is 0 Å². The second-order valence-corrected chi connectivity index (χ2v) is 4.43. The number of carbonyl (C=O) groups excluding carboxylic acids is 1. The van der Waals surface area contributed by atoms with Gasteiger partial charge in [-0.1, -0.05) is 35.9 Å². The van der Waals surface area contributed by atoms with E-state index in [0.29, 0.717) is 6.42 Å². The van der Waals surface area contributed by atoms with Crippen LogP contribution in [0.3, 0.4) is 0 Å². The van der Waals surface area contributed by atoms with Crippen LogP contribution in [0.4, 0.5) is 0 Å². The second kappa shape index (κ2) is 7.67. The molecule has 0 saturated heterocycles. The van der Waals surface area contributed by atoms with Crippen LogP contribution in [-0.2, 0) is 22.5 Å². The lowest BCUT2D eigenvalue weighted by Gasteiger charge is -2.09. The van der Waals surface area contributed by atoms with Crippen molar-refractivity contribution < 1.29 is 9.53 Å². The Balaban J connectivity index is 2.59. The maximum absolute atomic E-state index is 11.3. The van der Waals surface area contributed by atoms with Crippen molar-refractivity contribution in [1.82, 2.24) is 5.32 Å². The zero-order chi connectivity index (χ0) is 13.4. The Morgan fingerprint density at radius 3 is 2.56 bits per heavy atom. The first-order chi connectivity index (χ1) is 8.63. The van der Waals surface area contributed by atoms with E-state index >= 15 is 0 Å². The van der Waals surface area contributed by atoms with Gasteiger partial charge in [-0.15, -0.1) is 0 Å². The van der Waals surface area contributed by atoms with Gasteiger partial charge in [0, 0.05) is 13.1 Å². The fourth-order valence-corrected chi connectivity index (χ4v) is 1.61. The smallest absolute Gasteiger partial charge is 0.309 e. The van der Waals surface area contributed by atoms with Crippen LogP contribution in [0.1, 0.15) is 25.0 Å². The van der Waals surface area contributed by atoms with Gasteiger partial charge in [0.1, 0.15) is 0 Å². The standard InChI is InChI=1S/C15H21NO2/c1-12(2)8-9-16-11-14-7-5-4-6-13(14)10-15(17)18-3/h4-8,16H,9-11H2,1-3H3. The Morgan fingerprint density at radius 2 is 1.94 bits per heavy atom. The van der Waals surface area contributed by atoms with Gasteiger partial charge in [-0.3, -0.25) is 4.79 Å². The van der Waals surface area contributed by atoms with Crippen LogP contribution in [0.25, 0.3) is 0 Å². The summed E-state index contributed by atoms with van der Waals surface area (Å²) in [6.07, 6.45) is 2.47. The van der Waals surface area contributed by atoms with Crippen LogP contribution in [0.2, 0.25) is 0 Å². The number of esters is 1. The van der Waals surface area contributed by atoms with Crippen LogP contribution in [-0.4, -0.2) is 19.6 Å². The summed E-state index contributed by atoms with van der Waals surface area (Å²) in [5, 5.41) is 3.34. The van der Waals surface area contributed by atoms with Crippen molar-refractivity contribution in [2.45, 2.75) is 26.8 Å². The van der Waals surface area contributed by atoms with E-state index in [4.69, 9.17) is 4.74 Å². The van der Waals surface area contributed by atoms with Crippen LogP contribution >= 0.6 is 0 Å². The Bertz CT molecular complexity index is 420. The normalized spacial score (nSPS) is 9.94. The van der Waals surface area contributed by atoms with E-state index in [-0.39, 0.29) is 5.97 Å². The topological polar surface area (TPSA) is 38.3 Å². The molecular weight excluding hydrogens is 226 g/mol. The van der Waals surface area contributed by atoms with Crippen LogP contribution in [0, 0.1) is 0 Å². The van der Waals surface area contributed by atoms with E-state index < -0.39 is 0 Å². The Hall–Kier alpha value is -1.61. The predicted molar refractivity (Wildman–Crippen MR) is 73.3 cm³/mol. The Kier molecular flexibility index (Phi) is 6.15. The Morgan fingerprint density at radius 1 is 1.28 bits per heavy atom. The number of benzene rings is 1. The summed E-state index contributed by atoms with van der Waals surface area (Å²) in [6.45, 7) is 5.76. The predicted octanol–water partition coefficient (Wildman–Crippen LogP) is 2.46. The maximum atomic E-state index is 11.3. The molecule has 98 valence electrons. The average molecular weight is 247 g/mol. The molecule has 0 spiro atoms. The third kappa shape index (κ3) is 5.15. The molecule has 0 atom stereocenters. The first-order valence-electron chi connectivity index (χ1n) is 6.11. The molecule has 0 heterocycles. The van der Waals surface area contributed by atoms with Crippen LogP contribution < -0.4 is 5.32 Å². The lowest BCUT2D eigenvalue weighted by atomic mass is 10.0. The molecule has 0 unspecified atom stereocenters. The zero-order valence-electron chi connectivity index (χ0n) is 11.3.